The van der Waals surface area contributed by atoms with Crippen molar-refractivity contribution in [1.29, 1.82) is 0 Å². The topological polar surface area (TPSA) is 92.2 Å². The van der Waals surface area contributed by atoms with Crippen LogP contribution in [-0.2, 0) is 17.6 Å². The summed E-state index contributed by atoms with van der Waals surface area (Å²) in [5.74, 6) is -1.67. The monoisotopic (exact) mass is 515 g/mol. The molecule has 1 amide bonds. The molecule has 0 bridgehead atoms. The van der Waals surface area contributed by atoms with Crippen LogP contribution in [0.25, 0.3) is 22.3 Å². The molecule has 1 aliphatic carbocycles. The number of fused-ring (bicyclic) bond motifs is 2. The Kier molecular flexibility index (Phi) is 7.40. The molecule has 0 saturated carbocycles. The molecule has 194 valence electrons. The molecule has 0 fully saturated rings. The fourth-order valence-electron chi connectivity index (χ4n) is 5.06. The average Bonchev–Trinajstić information content (AvgIpc) is 3.31. The molecule has 1 aliphatic rings. The van der Waals surface area contributed by atoms with Crippen molar-refractivity contribution in [2.75, 3.05) is 6.54 Å². The van der Waals surface area contributed by atoms with Crippen LogP contribution in [0, 0.1) is 11.6 Å². The van der Waals surface area contributed by atoms with E-state index in [-0.39, 0.29) is 29.9 Å². The first-order chi connectivity index (χ1) is 18.4. The lowest BCUT2D eigenvalue weighted by molar-refractivity contribution is -0.137. The number of hydrogen-bond donors (Lipinski definition) is 2. The van der Waals surface area contributed by atoms with Crippen LogP contribution in [0.3, 0.4) is 0 Å². The van der Waals surface area contributed by atoms with Gasteiger partial charge in [0, 0.05) is 36.0 Å². The van der Waals surface area contributed by atoms with E-state index in [1.54, 1.807) is 24.3 Å². The highest BCUT2D eigenvalue weighted by Crippen LogP contribution is 2.33. The van der Waals surface area contributed by atoms with Crippen LogP contribution in [0.1, 0.15) is 58.6 Å². The van der Waals surface area contributed by atoms with Crippen LogP contribution in [0.2, 0.25) is 0 Å². The number of rotatable bonds is 9. The van der Waals surface area contributed by atoms with E-state index in [2.05, 4.69) is 10.3 Å². The minimum atomic E-state index is -0.841. The Hall–Kier alpha value is -4.20. The first-order valence-electron chi connectivity index (χ1n) is 12.7. The molecular formula is C30H27F2N3O3. The van der Waals surface area contributed by atoms with E-state index >= 15 is 0 Å². The zero-order valence-electron chi connectivity index (χ0n) is 20.7. The summed E-state index contributed by atoms with van der Waals surface area (Å²) in [6.45, 7) is 0.407. The van der Waals surface area contributed by atoms with Crippen LogP contribution >= 0.6 is 0 Å². The third-order valence-corrected chi connectivity index (χ3v) is 7.03. The van der Waals surface area contributed by atoms with Gasteiger partial charge in [0.05, 0.1) is 11.3 Å². The van der Waals surface area contributed by atoms with Crippen molar-refractivity contribution in [3.8, 4) is 11.3 Å². The summed E-state index contributed by atoms with van der Waals surface area (Å²) >= 11 is 0. The molecule has 0 radical (unpaired) electrons. The highest BCUT2D eigenvalue weighted by Gasteiger charge is 2.23. The number of aromatic nitrogens is 2. The number of carboxylic acid groups (broad SMARTS) is 1. The summed E-state index contributed by atoms with van der Waals surface area (Å²) in [6.07, 6.45) is 5.03. The number of halogens is 2. The molecule has 2 N–H and O–H groups in total. The van der Waals surface area contributed by atoms with Crippen molar-refractivity contribution < 1.29 is 23.5 Å². The Morgan fingerprint density at radius 3 is 2.58 bits per heavy atom. The third-order valence-electron chi connectivity index (χ3n) is 7.03. The second-order valence-electron chi connectivity index (χ2n) is 9.66. The Labute approximate surface area is 218 Å². The minimum absolute atomic E-state index is 0.0652. The molecule has 0 saturated heterocycles. The molecule has 6 nitrogen and oxygen atoms in total. The second-order valence-corrected chi connectivity index (χ2v) is 9.66. The molecule has 4 aromatic rings. The number of carbonyl (C=O) groups excluding carboxylic acids is 1. The predicted molar refractivity (Wildman–Crippen MR) is 140 cm³/mol. The number of carboxylic acids is 1. The van der Waals surface area contributed by atoms with Gasteiger partial charge in [-0.15, -0.1) is 0 Å². The van der Waals surface area contributed by atoms with Crippen LogP contribution < -0.4 is 5.32 Å². The van der Waals surface area contributed by atoms with E-state index in [0.717, 1.165) is 35.1 Å². The maximum absolute atomic E-state index is 13.7. The molecule has 1 atom stereocenters. The lowest BCUT2D eigenvalue weighted by Crippen LogP contribution is -2.27. The van der Waals surface area contributed by atoms with Gasteiger partial charge in [-0.3, -0.25) is 9.59 Å². The van der Waals surface area contributed by atoms with Gasteiger partial charge in [0.2, 0.25) is 0 Å². The first kappa shape index (κ1) is 25.4. The van der Waals surface area contributed by atoms with Gasteiger partial charge in [0.1, 0.15) is 11.6 Å². The number of amides is 1. The fraction of sp³-hybridized carbons (Fsp3) is 0.267. The number of carbonyl (C=O) groups is 2. The van der Waals surface area contributed by atoms with Crippen molar-refractivity contribution in [2.24, 2.45) is 0 Å². The summed E-state index contributed by atoms with van der Waals surface area (Å²) in [4.78, 5) is 33.0. The fourth-order valence-corrected chi connectivity index (χ4v) is 5.06. The highest BCUT2D eigenvalue weighted by atomic mass is 19.1. The Morgan fingerprint density at radius 1 is 1.00 bits per heavy atom. The number of nitrogens with zero attached hydrogens (tertiary/aromatic N) is 2. The van der Waals surface area contributed by atoms with Crippen molar-refractivity contribution in [3.05, 3.63) is 94.7 Å². The Balaban J connectivity index is 1.37. The maximum Gasteiger partial charge on any atom is 0.303 e. The highest BCUT2D eigenvalue weighted by molar-refractivity contribution is 5.97. The van der Waals surface area contributed by atoms with Crippen LogP contribution in [-0.4, -0.2) is 33.5 Å². The normalized spacial score (nSPS) is 14.4. The number of aryl methyl sites for hydroxylation is 2. The van der Waals surface area contributed by atoms with E-state index in [4.69, 9.17) is 10.1 Å². The van der Waals surface area contributed by atoms with Crippen molar-refractivity contribution in [1.82, 2.24) is 15.3 Å². The zero-order valence-corrected chi connectivity index (χ0v) is 20.7. The lowest BCUT2D eigenvalue weighted by Gasteiger charge is -2.14. The minimum Gasteiger partial charge on any atom is -0.481 e. The number of hydrogen-bond acceptors (Lipinski definition) is 4. The van der Waals surface area contributed by atoms with Gasteiger partial charge in [0.25, 0.3) is 5.91 Å². The molecule has 2 aromatic heterocycles. The summed E-state index contributed by atoms with van der Waals surface area (Å²) in [6, 6.07) is 14.5. The van der Waals surface area contributed by atoms with Crippen LogP contribution in [0.15, 0.2) is 60.8 Å². The maximum atomic E-state index is 13.7. The quantitative estimate of drug-likeness (QED) is 0.274. The molecule has 38 heavy (non-hydrogen) atoms. The number of nitrogens with one attached hydrogen (secondary N) is 1. The standard InChI is InChI=1S/C30H27F2N3O3/c31-24-10-8-19(9-11-24)28-20(3-1-2-4-27(36)37)13-22-14-23(17-33-29(22)35-28)30(38)34-16-21-6-5-18-7-12-25(32)15-26(18)21/h7-15,17,21H,1-6,16H2,(H,34,38)(H,36,37). The summed E-state index contributed by atoms with van der Waals surface area (Å²) in [7, 11) is 0. The molecular weight excluding hydrogens is 488 g/mol. The van der Waals surface area contributed by atoms with Crippen molar-refractivity contribution in [2.45, 2.75) is 44.4 Å². The smallest absolute Gasteiger partial charge is 0.303 e. The van der Waals surface area contributed by atoms with Gasteiger partial charge in [-0.05, 0) is 97.3 Å². The molecule has 2 heterocycles. The summed E-state index contributed by atoms with van der Waals surface area (Å²) in [5.41, 5.74) is 5.18. The average molecular weight is 516 g/mol. The van der Waals surface area contributed by atoms with E-state index in [1.807, 2.05) is 12.1 Å². The summed E-state index contributed by atoms with van der Waals surface area (Å²) < 4.78 is 27.2. The van der Waals surface area contributed by atoms with Gasteiger partial charge in [-0.1, -0.05) is 6.07 Å². The van der Waals surface area contributed by atoms with Gasteiger partial charge < -0.3 is 10.4 Å². The Morgan fingerprint density at radius 2 is 1.79 bits per heavy atom. The largest absolute Gasteiger partial charge is 0.481 e. The number of pyridine rings is 2. The lowest BCUT2D eigenvalue weighted by atomic mass is 9.99. The first-order valence-corrected chi connectivity index (χ1v) is 12.7. The molecule has 0 spiro atoms. The second kappa shape index (κ2) is 11.0. The number of benzene rings is 2. The van der Waals surface area contributed by atoms with E-state index in [9.17, 15) is 18.4 Å². The molecule has 0 aliphatic heterocycles. The summed E-state index contributed by atoms with van der Waals surface area (Å²) in [5, 5.41) is 12.6. The van der Waals surface area contributed by atoms with Crippen molar-refractivity contribution in [3.63, 3.8) is 0 Å². The molecule has 8 heteroatoms. The van der Waals surface area contributed by atoms with Gasteiger partial charge >= 0.3 is 5.97 Å². The van der Waals surface area contributed by atoms with Crippen LogP contribution in [0.5, 0.6) is 0 Å². The molecule has 1 unspecified atom stereocenters. The molecule has 2 aromatic carbocycles. The SMILES string of the molecule is O=C(O)CCCCc1cc2cc(C(=O)NCC3CCc4ccc(F)cc43)cnc2nc1-c1ccc(F)cc1. The Bertz CT molecular complexity index is 1510. The number of unbranched alkanes of at least 4 members (excludes halogenated alkanes) is 1. The van der Waals surface area contributed by atoms with Gasteiger partial charge in [-0.2, -0.15) is 0 Å². The van der Waals surface area contributed by atoms with E-state index in [0.29, 0.717) is 48.1 Å². The number of aliphatic carboxylic acids is 1. The van der Waals surface area contributed by atoms with Crippen LogP contribution in [0.4, 0.5) is 8.78 Å². The molecule has 5 rings (SSSR count). The van der Waals surface area contributed by atoms with E-state index in [1.165, 1.54) is 24.4 Å². The van der Waals surface area contributed by atoms with Gasteiger partial charge in [0.15, 0.2) is 5.65 Å². The van der Waals surface area contributed by atoms with Crippen molar-refractivity contribution >= 4 is 22.9 Å². The van der Waals surface area contributed by atoms with Gasteiger partial charge in [-0.25, -0.2) is 18.7 Å². The van der Waals surface area contributed by atoms with E-state index < -0.39 is 5.97 Å². The zero-order chi connectivity index (χ0) is 26.6. The third kappa shape index (κ3) is 5.69. The predicted octanol–water partition coefficient (Wildman–Crippen LogP) is 5.83.